The van der Waals surface area contributed by atoms with E-state index < -0.39 is 6.03 Å². The summed E-state index contributed by atoms with van der Waals surface area (Å²) in [5, 5.41) is 11.4. The highest BCUT2D eigenvalue weighted by molar-refractivity contribution is 5.92. The molecule has 0 saturated heterocycles. The fourth-order valence-electron chi connectivity index (χ4n) is 4.38. The van der Waals surface area contributed by atoms with E-state index in [9.17, 15) is 4.79 Å². The maximum atomic E-state index is 10.6. The van der Waals surface area contributed by atoms with E-state index in [1.54, 1.807) is 0 Å². The Hall–Kier alpha value is -5.04. The van der Waals surface area contributed by atoms with Gasteiger partial charge in [-0.05, 0) is 52.9 Å². The van der Waals surface area contributed by atoms with Crippen molar-refractivity contribution in [2.75, 3.05) is 5.32 Å². The minimum Gasteiger partial charge on any atom is -0.488 e. The van der Waals surface area contributed by atoms with Crippen LogP contribution in [0.25, 0.3) is 10.9 Å². The molecule has 0 fully saturated rings. The molecule has 0 radical (unpaired) electrons. The van der Waals surface area contributed by atoms with E-state index in [2.05, 4.69) is 19.2 Å². The highest BCUT2D eigenvalue weighted by atomic mass is 16.5. The second-order valence-electron chi connectivity index (χ2n) is 9.96. The molecule has 41 heavy (non-hydrogen) atoms. The largest absolute Gasteiger partial charge is 0.488 e. The number of nitrogens with zero attached hydrogens (tertiary/aromatic N) is 1. The predicted octanol–water partition coefficient (Wildman–Crippen LogP) is 7.63. The van der Waals surface area contributed by atoms with Crippen molar-refractivity contribution in [1.29, 1.82) is 5.41 Å². The predicted molar refractivity (Wildman–Crippen MR) is 166 cm³/mol. The van der Waals surface area contributed by atoms with E-state index in [-0.39, 0.29) is 5.92 Å². The van der Waals surface area contributed by atoms with Crippen molar-refractivity contribution < 1.29 is 14.3 Å². The summed E-state index contributed by atoms with van der Waals surface area (Å²) in [5.74, 6) is 1.77. The zero-order valence-corrected chi connectivity index (χ0v) is 23.6. The number of amides is 2. The molecule has 0 spiro atoms. The zero-order valence-electron chi connectivity index (χ0n) is 23.6. The molecule has 7 nitrogen and oxygen atoms in total. The molecule has 4 aromatic carbocycles. The number of aromatic nitrogens is 1. The molecule has 5 aromatic rings. The first-order chi connectivity index (χ1) is 19.8. The quantitative estimate of drug-likeness (QED) is 0.165. The van der Waals surface area contributed by atoms with Crippen LogP contribution in [0.4, 0.5) is 10.5 Å². The molecule has 0 aliphatic carbocycles. The Kier molecular flexibility index (Phi) is 9.78. The van der Waals surface area contributed by atoms with Gasteiger partial charge in [-0.1, -0.05) is 74.5 Å². The number of nitrogens with one attached hydrogen (secondary N) is 2. The minimum absolute atomic E-state index is 0.289. The van der Waals surface area contributed by atoms with Crippen LogP contribution < -0.4 is 20.5 Å². The Morgan fingerprint density at radius 2 is 1.49 bits per heavy atom. The fraction of sp³-hybridized carbons (Fsp3) is 0.176. The smallest absolute Gasteiger partial charge is 0.316 e. The topological polar surface area (TPSA) is 102 Å². The van der Waals surface area contributed by atoms with E-state index >= 15 is 0 Å². The second kappa shape index (κ2) is 13.8. The third-order valence-corrected chi connectivity index (χ3v) is 6.55. The Morgan fingerprint density at radius 1 is 0.878 bits per heavy atom. The maximum Gasteiger partial charge on any atom is 0.316 e. The molecule has 0 unspecified atom stereocenters. The van der Waals surface area contributed by atoms with Crippen LogP contribution in [0.5, 0.6) is 11.5 Å². The highest BCUT2D eigenvalue weighted by Gasteiger charge is 2.14. The van der Waals surface area contributed by atoms with Crippen molar-refractivity contribution >= 4 is 28.8 Å². The Bertz CT molecular complexity index is 1600. The number of hydrogen-bond acceptors (Lipinski definition) is 4. The van der Waals surface area contributed by atoms with Crippen LogP contribution in [0.3, 0.4) is 0 Å². The fourth-order valence-corrected chi connectivity index (χ4v) is 4.38. The number of ether oxygens (including phenoxy) is 2. The summed E-state index contributed by atoms with van der Waals surface area (Å²) in [7, 11) is 1.98. The Labute approximate surface area is 241 Å². The molecule has 210 valence electrons. The first-order valence-electron chi connectivity index (χ1n) is 13.5. The number of aryl methyl sites for hydroxylation is 1. The van der Waals surface area contributed by atoms with Crippen LogP contribution in [0, 0.1) is 5.41 Å². The lowest BCUT2D eigenvalue weighted by atomic mass is 9.99. The average molecular weight is 549 g/mol. The summed E-state index contributed by atoms with van der Waals surface area (Å²) >= 11 is 0. The number of fused-ring (bicyclic) bond motifs is 1. The van der Waals surface area contributed by atoms with Gasteiger partial charge in [0, 0.05) is 47.7 Å². The van der Waals surface area contributed by atoms with E-state index in [4.69, 9.17) is 20.6 Å². The van der Waals surface area contributed by atoms with E-state index in [1.807, 2.05) is 115 Å². The highest BCUT2D eigenvalue weighted by Crippen LogP contribution is 2.34. The number of urea groups is 1. The van der Waals surface area contributed by atoms with Gasteiger partial charge in [0.2, 0.25) is 0 Å². The number of primary amides is 1. The SMILES string of the molecule is CC(C)c1cc(C=N)c(OCc2ccccc2)cc1OCc1ccccc1.Cn1ccc2cc(NC(N)=O)ccc21. The lowest BCUT2D eigenvalue weighted by Crippen LogP contribution is -2.19. The standard InChI is InChI=1S/C24H25NO2.C10H11N3O/c1-18(2)22-13-21(15-25)23(26-16-19-9-5-3-6-10-19)14-24(22)27-17-20-11-7-4-8-12-20;1-13-5-4-7-6-8(12-10(11)14)2-3-9(7)13/h3-15,18,25H,16-17H2,1-2H3;2-6H,1H3,(H3,11,12,14). The molecular formula is C34H36N4O3. The van der Waals surface area contributed by atoms with Crippen molar-refractivity contribution in [2.45, 2.75) is 33.0 Å². The van der Waals surface area contributed by atoms with Gasteiger partial charge in [-0.2, -0.15) is 0 Å². The first-order valence-corrected chi connectivity index (χ1v) is 13.5. The lowest BCUT2D eigenvalue weighted by Gasteiger charge is -2.18. The third kappa shape index (κ3) is 7.99. The summed E-state index contributed by atoms with van der Waals surface area (Å²) < 4.78 is 14.1. The number of hydrogen-bond donors (Lipinski definition) is 3. The summed E-state index contributed by atoms with van der Waals surface area (Å²) in [4.78, 5) is 10.6. The molecule has 4 N–H and O–H groups in total. The van der Waals surface area contributed by atoms with E-state index in [0.717, 1.165) is 44.6 Å². The van der Waals surface area contributed by atoms with Crippen LogP contribution in [0.2, 0.25) is 0 Å². The zero-order chi connectivity index (χ0) is 29.2. The summed E-state index contributed by atoms with van der Waals surface area (Å²) in [6.45, 7) is 5.22. The number of carbonyl (C=O) groups is 1. The van der Waals surface area contributed by atoms with Gasteiger partial charge in [0.15, 0.2) is 0 Å². The molecule has 0 aliphatic rings. The monoisotopic (exact) mass is 548 g/mol. The summed E-state index contributed by atoms with van der Waals surface area (Å²) in [6, 6.07) is 31.2. The summed E-state index contributed by atoms with van der Waals surface area (Å²) in [5.41, 5.74) is 10.9. The van der Waals surface area contributed by atoms with Crippen LogP contribution >= 0.6 is 0 Å². The van der Waals surface area contributed by atoms with Gasteiger partial charge in [0.1, 0.15) is 24.7 Å². The van der Waals surface area contributed by atoms with Gasteiger partial charge in [-0.25, -0.2) is 4.79 Å². The number of nitrogens with two attached hydrogens (primary N) is 1. The number of anilines is 1. The number of rotatable bonds is 9. The Balaban J connectivity index is 0.000000231. The van der Waals surface area contributed by atoms with Crippen LogP contribution in [0.15, 0.2) is 103 Å². The molecule has 0 bridgehead atoms. The first kappa shape index (κ1) is 29.0. The second-order valence-corrected chi connectivity index (χ2v) is 9.96. The maximum absolute atomic E-state index is 10.6. The molecule has 0 saturated carbocycles. The van der Waals surface area contributed by atoms with E-state index in [0.29, 0.717) is 19.0 Å². The third-order valence-electron chi connectivity index (χ3n) is 6.55. The van der Waals surface area contributed by atoms with Crippen molar-refractivity contribution in [3.63, 3.8) is 0 Å². The normalized spacial score (nSPS) is 10.5. The van der Waals surface area contributed by atoms with Gasteiger partial charge in [-0.3, -0.25) is 0 Å². The molecule has 1 aromatic heterocycles. The van der Waals surface area contributed by atoms with Gasteiger partial charge in [0.25, 0.3) is 0 Å². The van der Waals surface area contributed by atoms with Gasteiger partial charge in [-0.15, -0.1) is 0 Å². The van der Waals surface area contributed by atoms with Crippen molar-refractivity contribution in [2.24, 2.45) is 12.8 Å². The van der Waals surface area contributed by atoms with Crippen LogP contribution in [-0.2, 0) is 20.3 Å². The number of carbonyl (C=O) groups excluding carboxylic acids is 1. The Morgan fingerprint density at radius 3 is 2.05 bits per heavy atom. The molecule has 2 amide bonds. The molecule has 0 atom stereocenters. The molecule has 5 rings (SSSR count). The average Bonchev–Trinajstić information content (AvgIpc) is 3.35. The lowest BCUT2D eigenvalue weighted by molar-refractivity contribution is 0.259. The van der Waals surface area contributed by atoms with Crippen molar-refractivity contribution in [3.8, 4) is 11.5 Å². The van der Waals surface area contributed by atoms with Crippen molar-refractivity contribution in [3.05, 3.63) is 126 Å². The molecule has 1 heterocycles. The summed E-state index contributed by atoms with van der Waals surface area (Å²) in [6.07, 6.45) is 3.31. The van der Waals surface area contributed by atoms with Gasteiger partial charge in [0.05, 0.1) is 0 Å². The van der Waals surface area contributed by atoms with Gasteiger partial charge >= 0.3 is 6.03 Å². The van der Waals surface area contributed by atoms with Crippen molar-refractivity contribution in [1.82, 2.24) is 4.57 Å². The van der Waals surface area contributed by atoms with E-state index in [1.165, 1.54) is 6.21 Å². The van der Waals surface area contributed by atoms with Crippen LogP contribution in [0.1, 0.15) is 42.0 Å². The molecule has 7 heteroatoms. The molecule has 0 aliphatic heterocycles. The van der Waals surface area contributed by atoms with Crippen LogP contribution in [-0.4, -0.2) is 16.8 Å². The molecular weight excluding hydrogens is 512 g/mol. The van der Waals surface area contributed by atoms with Gasteiger partial charge < -0.3 is 30.5 Å². The number of benzene rings is 4. The minimum atomic E-state index is -0.541.